The Kier molecular flexibility index (Phi) is 5.72. The fraction of sp³-hybridized carbons (Fsp3) is 0.182. The molecule has 0 aliphatic rings. The molecule has 1 aromatic rings. The molecular weight excluding hydrogens is 146 g/mol. The number of benzene rings is 1. The lowest BCUT2D eigenvalue weighted by molar-refractivity contribution is 1.07. The summed E-state index contributed by atoms with van der Waals surface area (Å²) in [6.45, 7) is 8.96. The third kappa shape index (κ3) is 4.51. The Morgan fingerprint density at radius 1 is 1.25 bits per heavy atom. The molecule has 1 aromatic carbocycles. The summed E-state index contributed by atoms with van der Waals surface area (Å²) in [5.74, 6) is 0. The second-order valence-electron chi connectivity index (χ2n) is 2.44. The van der Waals surface area contributed by atoms with Crippen LogP contribution in [0.4, 0.5) is 0 Å². The number of rotatable bonds is 1. The van der Waals surface area contributed by atoms with Crippen LogP contribution >= 0.6 is 0 Å². The molecule has 0 fully saturated rings. The number of nitrogens with two attached hydrogens (primary N) is 1. The van der Waals surface area contributed by atoms with Crippen LogP contribution in [0.1, 0.15) is 11.1 Å². The number of hydrogen-bond acceptors (Lipinski definition) is 1. The zero-order valence-electron chi connectivity index (χ0n) is 7.51. The minimum Gasteiger partial charge on any atom is -0.326 e. The van der Waals surface area contributed by atoms with E-state index in [0.717, 1.165) is 0 Å². The molecule has 1 heteroatoms. The topological polar surface area (TPSA) is 26.0 Å². The Morgan fingerprint density at radius 3 is 2.00 bits per heavy atom. The highest BCUT2D eigenvalue weighted by Crippen LogP contribution is 2.00. The largest absolute Gasteiger partial charge is 0.326 e. The van der Waals surface area contributed by atoms with Crippen LogP contribution in [-0.2, 0) is 6.54 Å². The Labute approximate surface area is 74.2 Å². The van der Waals surface area contributed by atoms with Gasteiger partial charge < -0.3 is 5.73 Å². The van der Waals surface area contributed by atoms with Gasteiger partial charge in [0.2, 0.25) is 0 Å². The van der Waals surface area contributed by atoms with Crippen LogP contribution in [0.25, 0.3) is 0 Å². The third-order valence-electron chi connectivity index (χ3n) is 1.36. The predicted octanol–water partition coefficient (Wildman–Crippen LogP) is 2.41. The van der Waals surface area contributed by atoms with Gasteiger partial charge in [0.05, 0.1) is 0 Å². The molecule has 0 unspecified atom stereocenters. The average Bonchev–Trinajstić information content (AvgIpc) is 2.07. The molecular formula is C11H15N. The number of aryl methyl sites for hydroxylation is 1. The van der Waals surface area contributed by atoms with Gasteiger partial charge in [0.25, 0.3) is 0 Å². The molecule has 0 aromatic heterocycles. The van der Waals surface area contributed by atoms with Crippen molar-refractivity contribution in [2.24, 2.45) is 5.73 Å². The first-order valence-corrected chi connectivity index (χ1v) is 3.79. The van der Waals surface area contributed by atoms with Crippen LogP contribution in [0.3, 0.4) is 0 Å². The van der Waals surface area contributed by atoms with E-state index in [9.17, 15) is 0 Å². The maximum Gasteiger partial charge on any atom is 0.0178 e. The highest BCUT2D eigenvalue weighted by atomic mass is 14.5. The quantitative estimate of drug-likeness (QED) is 0.629. The van der Waals surface area contributed by atoms with Crippen molar-refractivity contribution >= 4 is 0 Å². The van der Waals surface area contributed by atoms with Gasteiger partial charge in [-0.2, -0.15) is 0 Å². The number of hydrogen-bond donors (Lipinski definition) is 1. The summed E-state index contributed by atoms with van der Waals surface area (Å²) < 4.78 is 0. The van der Waals surface area contributed by atoms with E-state index >= 15 is 0 Å². The van der Waals surface area contributed by atoms with Crippen LogP contribution in [0, 0.1) is 6.92 Å². The van der Waals surface area contributed by atoms with E-state index in [2.05, 4.69) is 50.1 Å². The second kappa shape index (κ2) is 6.41. The zero-order valence-corrected chi connectivity index (χ0v) is 7.51. The summed E-state index contributed by atoms with van der Waals surface area (Å²) in [5.41, 5.74) is 10.1. The average molecular weight is 161 g/mol. The van der Waals surface area contributed by atoms with Crippen molar-refractivity contribution in [3.05, 3.63) is 54.3 Å². The van der Waals surface area contributed by atoms with Gasteiger partial charge in [-0.1, -0.05) is 43.0 Å². The summed E-state index contributed by atoms with van der Waals surface area (Å²) in [6, 6.07) is 8.25. The smallest absolute Gasteiger partial charge is 0.0178 e. The van der Waals surface area contributed by atoms with Crippen molar-refractivity contribution in [1.82, 2.24) is 0 Å². The highest BCUT2D eigenvalue weighted by Gasteiger charge is 1.84. The molecule has 0 saturated heterocycles. The maximum atomic E-state index is 5.40. The maximum absolute atomic E-state index is 5.40. The fourth-order valence-corrected chi connectivity index (χ4v) is 0.724. The van der Waals surface area contributed by atoms with Crippen LogP contribution in [-0.4, -0.2) is 0 Å². The molecule has 0 atom stereocenters. The van der Waals surface area contributed by atoms with E-state index < -0.39 is 0 Å². The molecule has 0 heterocycles. The fourth-order valence-electron chi connectivity index (χ4n) is 0.724. The molecule has 0 saturated carbocycles. The molecule has 0 bridgehead atoms. The van der Waals surface area contributed by atoms with Crippen molar-refractivity contribution in [3.63, 3.8) is 0 Å². The highest BCUT2D eigenvalue weighted by molar-refractivity contribution is 5.20. The summed E-state index contributed by atoms with van der Waals surface area (Å²) in [4.78, 5) is 0. The first kappa shape index (κ1) is 10.7. The lowest BCUT2D eigenvalue weighted by Crippen LogP contribution is -1.94. The van der Waals surface area contributed by atoms with Gasteiger partial charge in [0.1, 0.15) is 0 Å². The molecule has 12 heavy (non-hydrogen) atoms. The van der Waals surface area contributed by atoms with E-state index in [4.69, 9.17) is 5.73 Å². The zero-order chi connectivity index (χ0) is 9.40. The van der Waals surface area contributed by atoms with Gasteiger partial charge >= 0.3 is 0 Å². The molecule has 0 spiro atoms. The van der Waals surface area contributed by atoms with Crippen molar-refractivity contribution in [2.45, 2.75) is 13.5 Å². The minimum absolute atomic E-state index is 0.639. The minimum atomic E-state index is 0.639. The lowest BCUT2D eigenvalue weighted by Gasteiger charge is -1.94. The van der Waals surface area contributed by atoms with Crippen molar-refractivity contribution in [1.29, 1.82) is 0 Å². The Morgan fingerprint density at radius 2 is 1.67 bits per heavy atom. The van der Waals surface area contributed by atoms with Gasteiger partial charge in [-0.3, -0.25) is 0 Å². The molecule has 1 nitrogen and oxygen atoms in total. The van der Waals surface area contributed by atoms with Crippen LogP contribution < -0.4 is 5.73 Å². The van der Waals surface area contributed by atoms with E-state index in [0.29, 0.717) is 6.54 Å². The van der Waals surface area contributed by atoms with E-state index in [-0.39, 0.29) is 0 Å². The van der Waals surface area contributed by atoms with E-state index in [1.165, 1.54) is 11.1 Å². The normalized spacial score (nSPS) is 7.83. The summed E-state index contributed by atoms with van der Waals surface area (Å²) >= 11 is 0. The molecule has 0 aliphatic heterocycles. The standard InChI is InChI=1S/C8H11N.C3H4/c1-7-2-4-8(6-9)5-3-7;1-3-2/h2-5H,6,9H2,1H3;1-2H2. The monoisotopic (exact) mass is 161 g/mol. The van der Waals surface area contributed by atoms with Gasteiger partial charge in [0, 0.05) is 6.54 Å². The predicted molar refractivity (Wildman–Crippen MR) is 53.8 cm³/mol. The molecule has 64 valence electrons. The van der Waals surface area contributed by atoms with E-state index in [1.54, 1.807) is 0 Å². The van der Waals surface area contributed by atoms with Gasteiger partial charge in [-0.15, -0.1) is 5.73 Å². The third-order valence-corrected chi connectivity index (χ3v) is 1.36. The molecule has 0 radical (unpaired) electrons. The molecule has 0 amide bonds. The first-order chi connectivity index (χ1) is 5.74. The van der Waals surface area contributed by atoms with Crippen LogP contribution in [0.15, 0.2) is 43.2 Å². The summed E-state index contributed by atoms with van der Waals surface area (Å²) in [6.07, 6.45) is 0. The van der Waals surface area contributed by atoms with Gasteiger partial charge in [0.15, 0.2) is 0 Å². The van der Waals surface area contributed by atoms with Crippen LogP contribution in [0.5, 0.6) is 0 Å². The van der Waals surface area contributed by atoms with E-state index in [1.807, 2.05) is 0 Å². The Hall–Kier alpha value is -1.30. The SMILES string of the molecule is C=C=C.Cc1ccc(CN)cc1. The molecule has 2 N–H and O–H groups in total. The lowest BCUT2D eigenvalue weighted by atomic mass is 10.2. The van der Waals surface area contributed by atoms with Crippen molar-refractivity contribution in [3.8, 4) is 0 Å². The Balaban J connectivity index is 0.000000354. The first-order valence-electron chi connectivity index (χ1n) is 3.79. The summed E-state index contributed by atoms with van der Waals surface area (Å²) in [5, 5.41) is 0. The second-order valence-corrected chi connectivity index (χ2v) is 2.44. The van der Waals surface area contributed by atoms with Gasteiger partial charge in [-0.05, 0) is 12.5 Å². The summed E-state index contributed by atoms with van der Waals surface area (Å²) in [7, 11) is 0. The van der Waals surface area contributed by atoms with Crippen molar-refractivity contribution < 1.29 is 0 Å². The molecule has 1 rings (SSSR count). The molecule has 0 aliphatic carbocycles. The van der Waals surface area contributed by atoms with Crippen molar-refractivity contribution in [2.75, 3.05) is 0 Å². The Bertz CT molecular complexity index is 240. The van der Waals surface area contributed by atoms with Crippen LogP contribution in [0.2, 0.25) is 0 Å². The van der Waals surface area contributed by atoms with Gasteiger partial charge in [-0.25, -0.2) is 0 Å².